The number of rotatable bonds is 1. The van der Waals surface area contributed by atoms with Crippen molar-refractivity contribution in [2.45, 2.75) is 17.9 Å². The van der Waals surface area contributed by atoms with E-state index in [0.717, 1.165) is 11.3 Å². The molecule has 21 heavy (non-hydrogen) atoms. The van der Waals surface area contributed by atoms with E-state index in [0.29, 0.717) is 18.5 Å². The number of benzene rings is 2. The summed E-state index contributed by atoms with van der Waals surface area (Å²) >= 11 is 0. The molecule has 2 heterocycles. The second-order valence-electron chi connectivity index (χ2n) is 5.63. The molecule has 0 radical (unpaired) electrons. The number of nitrogens with one attached hydrogen (secondary N) is 2. The lowest BCUT2D eigenvalue weighted by Gasteiger charge is -2.29. The zero-order chi connectivity index (χ0) is 14.4. The highest BCUT2D eigenvalue weighted by Gasteiger charge is 2.55. The summed E-state index contributed by atoms with van der Waals surface area (Å²) in [5.41, 5.74) is 1.65. The molecule has 2 aromatic carbocycles. The van der Waals surface area contributed by atoms with Crippen molar-refractivity contribution in [3.05, 3.63) is 65.5 Å². The Morgan fingerprint density at radius 3 is 2.71 bits per heavy atom. The molecule has 0 bridgehead atoms. The van der Waals surface area contributed by atoms with Crippen molar-refractivity contribution in [3.8, 4) is 0 Å². The van der Waals surface area contributed by atoms with E-state index in [-0.39, 0.29) is 17.8 Å². The summed E-state index contributed by atoms with van der Waals surface area (Å²) in [5.74, 6) is -0.310. The highest BCUT2D eigenvalue weighted by Crippen LogP contribution is 2.51. The number of amides is 1. The van der Waals surface area contributed by atoms with Crippen molar-refractivity contribution in [1.29, 1.82) is 0 Å². The Morgan fingerprint density at radius 2 is 1.86 bits per heavy atom. The summed E-state index contributed by atoms with van der Waals surface area (Å²) in [7, 11) is 0. The van der Waals surface area contributed by atoms with Gasteiger partial charge in [-0.1, -0.05) is 36.4 Å². The monoisotopic (exact) mass is 282 g/mol. The molecular weight excluding hydrogens is 267 g/mol. The predicted octanol–water partition coefficient (Wildman–Crippen LogP) is 2.75. The lowest BCUT2D eigenvalue weighted by atomic mass is 9.73. The lowest BCUT2D eigenvalue weighted by molar-refractivity contribution is -0.121. The number of para-hydroxylation sites is 1. The number of hydrogen-bond acceptors (Lipinski definition) is 2. The van der Waals surface area contributed by atoms with Crippen LogP contribution in [0, 0.1) is 5.82 Å². The summed E-state index contributed by atoms with van der Waals surface area (Å²) in [6.07, 6.45) is 0.675. The molecule has 0 unspecified atom stereocenters. The number of carbonyl (C=O) groups excluding carboxylic acids is 1. The summed E-state index contributed by atoms with van der Waals surface area (Å²) in [5, 5.41) is 6.26. The molecule has 3 nitrogen and oxygen atoms in total. The molecule has 0 saturated carbocycles. The summed E-state index contributed by atoms with van der Waals surface area (Å²) in [6, 6.07) is 14.1. The van der Waals surface area contributed by atoms with Crippen molar-refractivity contribution in [2.24, 2.45) is 0 Å². The number of anilines is 1. The van der Waals surface area contributed by atoms with Gasteiger partial charge in [0.2, 0.25) is 5.91 Å². The lowest BCUT2D eigenvalue weighted by Crippen LogP contribution is -2.40. The first kappa shape index (κ1) is 12.5. The Labute approximate surface area is 122 Å². The van der Waals surface area contributed by atoms with Crippen LogP contribution in [0.5, 0.6) is 0 Å². The molecule has 4 heteroatoms. The SMILES string of the molecule is O=C1Nc2ccccc2[C@@]12CCN[C@@H]2c1ccccc1F. The van der Waals surface area contributed by atoms with Crippen LogP contribution in [0.1, 0.15) is 23.6 Å². The minimum absolute atomic E-state index is 0.0399. The van der Waals surface area contributed by atoms with E-state index in [1.807, 2.05) is 30.3 Å². The van der Waals surface area contributed by atoms with Gasteiger partial charge in [-0.15, -0.1) is 0 Å². The van der Waals surface area contributed by atoms with Crippen LogP contribution < -0.4 is 10.6 Å². The van der Waals surface area contributed by atoms with Crippen LogP contribution in [0.4, 0.5) is 10.1 Å². The third kappa shape index (κ3) is 1.59. The van der Waals surface area contributed by atoms with Crippen LogP contribution in [0.15, 0.2) is 48.5 Å². The van der Waals surface area contributed by atoms with Crippen molar-refractivity contribution < 1.29 is 9.18 Å². The Hall–Kier alpha value is -2.20. The zero-order valence-corrected chi connectivity index (χ0v) is 11.4. The van der Waals surface area contributed by atoms with E-state index in [2.05, 4.69) is 10.6 Å². The van der Waals surface area contributed by atoms with Crippen LogP contribution in [0.2, 0.25) is 0 Å². The fourth-order valence-electron chi connectivity index (χ4n) is 3.69. The molecule has 2 aliphatic rings. The zero-order valence-electron chi connectivity index (χ0n) is 11.4. The van der Waals surface area contributed by atoms with Crippen molar-refractivity contribution in [1.82, 2.24) is 5.32 Å². The van der Waals surface area contributed by atoms with Gasteiger partial charge < -0.3 is 10.6 Å². The first-order valence-corrected chi connectivity index (χ1v) is 7.12. The van der Waals surface area contributed by atoms with Crippen LogP contribution in [0.3, 0.4) is 0 Å². The number of halogens is 1. The largest absolute Gasteiger partial charge is 0.325 e. The number of hydrogen-bond donors (Lipinski definition) is 2. The molecule has 2 aromatic rings. The molecule has 2 N–H and O–H groups in total. The van der Waals surface area contributed by atoms with E-state index in [4.69, 9.17) is 0 Å². The minimum Gasteiger partial charge on any atom is -0.325 e. The fraction of sp³-hybridized carbons (Fsp3) is 0.235. The second kappa shape index (κ2) is 4.40. The van der Waals surface area contributed by atoms with Gasteiger partial charge in [-0.2, -0.15) is 0 Å². The Bertz CT molecular complexity index is 730. The van der Waals surface area contributed by atoms with Gasteiger partial charge in [0.15, 0.2) is 0 Å². The maximum Gasteiger partial charge on any atom is 0.237 e. The normalized spacial score (nSPS) is 26.9. The molecule has 2 aliphatic heterocycles. The van der Waals surface area contributed by atoms with Gasteiger partial charge in [0.25, 0.3) is 0 Å². The number of fused-ring (bicyclic) bond motifs is 2. The van der Waals surface area contributed by atoms with Crippen LogP contribution in [-0.4, -0.2) is 12.5 Å². The number of carbonyl (C=O) groups is 1. The van der Waals surface area contributed by atoms with Gasteiger partial charge >= 0.3 is 0 Å². The van der Waals surface area contributed by atoms with Crippen LogP contribution >= 0.6 is 0 Å². The quantitative estimate of drug-likeness (QED) is 0.844. The average Bonchev–Trinajstić information content (AvgIpc) is 3.05. The first-order chi connectivity index (χ1) is 10.2. The third-order valence-corrected chi connectivity index (χ3v) is 4.64. The molecule has 106 valence electrons. The van der Waals surface area contributed by atoms with Gasteiger partial charge in [-0.05, 0) is 30.7 Å². The maximum atomic E-state index is 14.2. The molecular formula is C17H15FN2O. The standard InChI is InChI=1S/C17H15FN2O/c18-13-7-3-1-5-11(13)15-17(9-10-19-15)12-6-2-4-8-14(12)20-16(17)21/h1-8,15,19H,9-10H2,(H,20,21)/t15-,17-/m1/s1. The van der Waals surface area contributed by atoms with E-state index in [1.165, 1.54) is 6.07 Å². The molecule has 4 rings (SSSR count). The van der Waals surface area contributed by atoms with Gasteiger partial charge in [0, 0.05) is 11.3 Å². The molecule has 0 aromatic heterocycles. The second-order valence-corrected chi connectivity index (χ2v) is 5.63. The van der Waals surface area contributed by atoms with Gasteiger partial charge in [-0.25, -0.2) is 4.39 Å². The van der Waals surface area contributed by atoms with Crippen LogP contribution in [-0.2, 0) is 10.2 Å². The van der Waals surface area contributed by atoms with Crippen molar-refractivity contribution in [2.75, 3.05) is 11.9 Å². The van der Waals surface area contributed by atoms with E-state index in [9.17, 15) is 9.18 Å². The Balaban J connectivity index is 1.91. The molecule has 0 aliphatic carbocycles. The Morgan fingerprint density at radius 1 is 1.10 bits per heavy atom. The summed E-state index contributed by atoms with van der Waals surface area (Å²) in [4.78, 5) is 12.7. The maximum absolute atomic E-state index is 14.2. The van der Waals surface area contributed by atoms with E-state index < -0.39 is 5.41 Å². The molecule has 1 saturated heterocycles. The van der Waals surface area contributed by atoms with Crippen LogP contribution in [0.25, 0.3) is 0 Å². The minimum atomic E-state index is -0.710. The molecule has 1 amide bonds. The van der Waals surface area contributed by atoms with E-state index in [1.54, 1.807) is 12.1 Å². The smallest absolute Gasteiger partial charge is 0.237 e. The van der Waals surface area contributed by atoms with E-state index >= 15 is 0 Å². The molecule has 1 fully saturated rings. The predicted molar refractivity (Wildman–Crippen MR) is 78.5 cm³/mol. The van der Waals surface area contributed by atoms with Crippen molar-refractivity contribution >= 4 is 11.6 Å². The third-order valence-electron chi connectivity index (χ3n) is 4.64. The van der Waals surface area contributed by atoms with Gasteiger partial charge in [0.1, 0.15) is 5.82 Å². The topological polar surface area (TPSA) is 41.1 Å². The summed E-state index contributed by atoms with van der Waals surface area (Å²) in [6.45, 7) is 0.695. The Kier molecular flexibility index (Phi) is 2.62. The molecule has 2 atom stereocenters. The van der Waals surface area contributed by atoms with Crippen molar-refractivity contribution in [3.63, 3.8) is 0 Å². The molecule has 1 spiro atoms. The summed E-state index contributed by atoms with van der Waals surface area (Å²) < 4.78 is 14.2. The average molecular weight is 282 g/mol. The highest BCUT2D eigenvalue weighted by molar-refractivity contribution is 6.07. The highest BCUT2D eigenvalue weighted by atomic mass is 19.1. The van der Waals surface area contributed by atoms with Gasteiger partial charge in [-0.3, -0.25) is 4.79 Å². The first-order valence-electron chi connectivity index (χ1n) is 7.12. The van der Waals surface area contributed by atoms with Gasteiger partial charge in [0.05, 0.1) is 11.5 Å². The fourth-order valence-corrected chi connectivity index (χ4v) is 3.69.